The van der Waals surface area contributed by atoms with Crippen LogP contribution in [0.2, 0.25) is 0 Å². The van der Waals surface area contributed by atoms with Gasteiger partial charge in [0.1, 0.15) is 0 Å². The molecule has 0 bridgehead atoms. The molecule has 0 rings (SSSR count). The van der Waals surface area contributed by atoms with Crippen molar-refractivity contribution in [2.45, 2.75) is 6.92 Å². The maximum Gasteiger partial charge on any atom is 0.242 e. The zero-order valence-electron chi connectivity index (χ0n) is 4.20. The van der Waals surface area contributed by atoms with Crippen molar-refractivity contribution >= 4 is 15.1 Å². The van der Waals surface area contributed by atoms with E-state index in [1.807, 2.05) is 0 Å². The van der Waals surface area contributed by atoms with Gasteiger partial charge in [-0.15, -0.1) is 4.33 Å². The largest absolute Gasteiger partial charge is 0.296 e. The van der Waals surface area contributed by atoms with E-state index in [-0.39, 0.29) is 4.99 Å². The molecule has 5 nitrogen and oxygen atoms in total. The van der Waals surface area contributed by atoms with Crippen molar-refractivity contribution in [3.8, 4) is 0 Å². The van der Waals surface area contributed by atoms with Gasteiger partial charge in [0.25, 0.3) is 0 Å². The van der Waals surface area contributed by atoms with Crippen molar-refractivity contribution in [3.63, 3.8) is 0 Å². The molecular formula is C2H7NO4S. The number of rotatable bonds is 1. The molecule has 0 heterocycles. The predicted molar refractivity (Wildman–Crippen MR) is 29.4 cm³/mol. The zero-order chi connectivity index (χ0) is 6.78. The highest BCUT2D eigenvalue weighted by Crippen LogP contribution is 1.83. The van der Waals surface area contributed by atoms with Gasteiger partial charge in [0.15, 0.2) is 0 Å². The van der Waals surface area contributed by atoms with Crippen molar-refractivity contribution in [2.24, 2.45) is 5.73 Å². The minimum absolute atomic E-state index is 0.361. The van der Waals surface area contributed by atoms with Crippen LogP contribution in [0.1, 0.15) is 6.92 Å². The van der Waals surface area contributed by atoms with Crippen LogP contribution in [-0.4, -0.2) is 19.0 Å². The molecule has 0 amide bonds. The van der Waals surface area contributed by atoms with Gasteiger partial charge in [0.2, 0.25) is 10.1 Å². The Morgan fingerprint density at radius 3 is 2.25 bits per heavy atom. The average molecular weight is 141 g/mol. The highest BCUT2D eigenvalue weighted by molar-refractivity contribution is 7.92. The van der Waals surface area contributed by atoms with Crippen molar-refractivity contribution in [3.05, 3.63) is 0 Å². The third-order valence-corrected chi connectivity index (χ3v) is 1.52. The molecule has 0 aromatic carbocycles. The van der Waals surface area contributed by atoms with E-state index >= 15 is 0 Å². The molecule has 0 saturated heterocycles. The van der Waals surface area contributed by atoms with Crippen molar-refractivity contribution in [1.82, 2.24) is 0 Å². The summed E-state index contributed by atoms with van der Waals surface area (Å²) in [6.45, 7) is 1.17. The summed E-state index contributed by atoms with van der Waals surface area (Å²) in [4.78, 5) is -0.361. The summed E-state index contributed by atoms with van der Waals surface area (Å²) in [5.74, 6) is 0. The van der Waals surface area contributed by atoms with E-state index < -0.39 is 10.1 Å². The first-order chi connectivity index (χ1) is 3.50. The second kappa shape index (κ2) is 2.42. The van der Waals surface area contributed by atoms with Crippen LogP contribution in [0, 0.1) is 0 Å². The van der Waals surface area contributed by atoms with Gasteiger partial charge in [-0.25, -0.2) is 9.47 Å². The topological polar surface area (TPSA) is 92.8 Å². The Bertz CT molecular complexity index is 174. The lowest BCUT2D eigenvalue weighted by molar-refractivity contribution is -0.133. The zero-order valence-corrected chi connectivity index (χ0v) is 5.01. The molecule has 0 aliphatic carbocycles. The monoisotopic (exact) mass is 141 g/mol. The third kappa shape index (κ3) is 1.76. The number of hydrogen-bond acceptors (Lipinski definition) is 3. The Hall–Kier alpha value is -0.140. The Morgan fingerprint density at radius 1 is 1.88 bits per heavy atom. The van der Waals surface area contributed by atoms with Gasteiger partial charge >= 0.3 is 0 Å². The van der Waals surface area contributed by atoms with Crippen molar-refractivity contribution < 1.29 is 18.4 Å². The smallest absolute Gasteiger partial charge is 0.242 e. The summed E-state index contributed by atoms with van der Waals surface area (Å²) in [5.41, 5.74) is 4.79. The van der Waals surface area contributed by atoms with E-state index in [1.54, 1.807) is 0 Å². The molecule has 0 aromatic heterocycles. The van der Waals surface area contributed by atoms with E-state index in [2.05, 4.69) is 4.33 Å². The second-order valence-electron chi connectivity index (χ2n) is 1.16. The number of hydrogen-bond donors (Lipinski definition) is 3. The summed E-state index contributed by atoms with van der Waals surface area (Å²) in [5, 5.41) is 7.64. The minimum atomic E-state index is -3.74. The molecule has 0 aromatic rings. The number of nitrogens with two attached hydrogens (primary N) is 1. The summed E-state index contributed by atoms with van der Waals surface area (Å²) in [6.07, 6.45) is 0. The molecule has 50 valence electrons. The van der Waals surface area contributed by atoms with Crippen LogP contribution in [0.15, 0.2) is 0 Å². The van der Waals surface area contributed by atoms with E-state index in [9.17, 15) is 4.21 Å². The fourth-order valence-corrected chi connectivity index (χ4v) is 0.176. The van der Waals surface area contributed by atoms with Crippen LogP contribution in [0.25, 0.3) is 0 Å². The molecule has 1 atom stereocenters. The first-order valence-electron chi connectivity index (χ1n) is 1.69. The molecule has 0 fully saturated rings. The van der Waals surface area contributed by atoms with Gasteiger partial charge in [0, 0.05) is 0 Å². The quantitative estimate of drug-likeness (QED) is 0.254. The van der Waals surface area contributed by atoms with E-state index in [0.717, 1.165) is 0 Å². The lowest BCUT2D eigenvalue weighted by Gasteiger charge is -1.96. The third-order valence-electron chi connectivity index (χ3n) is 0.508. The molecular weight excluding hydrogens is 134 g/mol. The molecule has 0 saturated carbocycles. The van der Waals surface area contributed by atoms with Crippen LogP contribution >= 0.6 is 0 Å². The summed E-state index contributed by atoms with van der Waals surface area (Å²) in [6, 6.07) is 0. The van der Waals surface area contributed by atoms with Crippen LogP contribution in [0.5, 0.6) is 0 Å². The highest BCUT2D eigenvalue weighted by Gasteiger charge is 2.01. The van der Waals surface area contributed by atoms with Gasteiger partial charge < -0.3 is 0 Å². The normalized spacial score (nSPS) is 17.5. The summed E-state index contributed by atoms with van der Waals surface area (Å²) >= 11 is 0. The van der Waals surface area contributed by atoms with Gasteiger partial charge in [-0.05, 0) is 6.92 Å². The molecule has 1 unspecified atom stereocenters. The molecule has 0 spiro atoms. The lowest BCUT2D eigenvalue weighted by atomic mass is 10.8. The standard InChI is InChI=1S/C2H7NO4S/c1-2(3)8(5,6)7-4/h4H,3H2,1H3,(H,5,6). The fraction of sp³-hybridized carbons (Fsp3) is 0.500. The molecule has 0 aliphatic rings. The molecule has 8 heavy (non-hydrogen) atoms. The van der Waals surface area contributed by atoms with E-state index in [4.69, 9.17) is 15.5 Å². The first kappa shape index (κ1) is 7.86. The van der Waals surface area contributed by atoms with Gasteiger partial charge in [-0.1, -0.05) is 0 Å². The summed E-state index contributed by atoms with van der Waals surface area (Å²) in [7, 11) is -3.74. The first-order valence-corrected chi connectivity index (χ1v) is 3.13. The summed E-state index contributed by atoms with van der Waals surface area (Å²) < 4.78 is 21.6. The van der Waals surface area contributed by atoms with Crippen LogP contribution in [0.4, 0.5) is 0 Å². The molecule has 0 aliphatic heterocycles. The maximum absolute atomic E-state index is 10.2. The van der Waals surface area contributed by atoms with Crippen molar-refractivity contribution in [2.75, 3.05) is 0 Å². The van der Waals surface area contributed by atoms with Crippen molar-refractivity contribution in [1.29, 1.82) is 0 Å². The Kier molecular flexibility index (Phi) is 2.38. The van der Waals surface area contributed by atoms with Crippen LogP contribution < -0.4 is 5.73 Å². The van der Waals surface area contributed by atoms with Gasteiger partial charge in [-0.3, -0.25) is 10.3 Å². The fourth-order valence-electron chi connectivity index (χ4n) is 0.0588. The van der Waals surface area contributed by atoms with Crippen LogP contribution in [0.3, 0.4) is 0 Å². The van der Waals surface area contributed by atoms with Gasteiger partial charge in [-0.2, -0.15) is 0 Å². The maximum atomic E-state index is 10.2. The molecule has 4 N–H and O–H groups in total. The SMILES string of the molecule is CC(N)=S(=O)(O)OO. The highest BCUT2D eigenvalue weighted by atomic mass is 32.2. The lowest BCUT2D eigenvalue weighted by Crippen LogP contribution is -2.20. The van der Waals surface area contributed by atoms with Gasteiger partial charge in [0.05, 0.1) is 4.99 Å². The minimum Gasteiger partial charge on any atom is -0.296 e. The van der Waals surface area contributed by atoms with E-state index in [1.165, 1.54) is 6.92 Å². The van der Waals surface area contributed by atoms with Crippen LogP contribution in [-0.2, 0) is 14.4 Å². The molecule has 0 radical (unpaired) electrons. The molecule has 6 heteroatoms. The predicted octanol–water partition coefficient (Wildman–Crippen LogP) is -0.743. The second-order valence-corrected chi connectivity index (χ2v) is 2.90. The Balaban J connectivity index is 4.63. The van der Waals surface area contributed by atoms with E-state index in [0.29, 0.717) is 0 Å². The Labute approximate surface area is 47.0 Å². The average Bonchev–Trinajstić information content (AvgIpc) is 1.67. The Morgan fingerprint density at radius 2 is 2.25 bits per heavy atom.